The summed E-state index contributed by atoms with van der Waals surface area (Å²) < 4.78 is 0. The highest BCUT2D eigenvalue weighted by atomic mass is 15.1. The highest BCUT2D eigenvalue weighted by Crippen LogP contribution is 2.22. The molecule has 1 aromatic heterocycles. The van der Waals surface area contributed by atoms with Gasteiger partial charge in [-0.3, -0.25) is 4.98 Å². The van der Waals surface area contributed by atoms with E-state index in [4.69, 9.17) is 0 Å². The number of hydrogen-bond donors (Lipinski definition) is 1. The molecule has 0 amide bonds. The van der Waals surface area contributed by atoms with Gasteiger partial charge in [0.2, 0.25) is 0 Å². The first-order chi connectivity index (χ1) is 8.57. The van der Waals surface area contributed by atoms with Crippen LogP contribution in [0.4, 0.5) is 0 Å². The van der Waals surface area contributed by atoms with Gasteiger partial charge in [-0.05, 0) is 52.4 Å². The summed E-state index contributed by atoms with van der Waals surface area (Å²) in [6.45, 7) is 6.82. The number of piperidine rings is 1. The zero-order valence-electron chi connectivity index (χ0n) is 11.8. The lowest BCUT2D eigenvalue weighted by Gasteiger charge is -2.40. The van der Waals surface area contributed by atoms with Gasteiger partial charge in [-0.1, -0.05) is 6.07 Å². The molecule has 3 heteroatoms. The summed E-state index contributed by atoms with van der Waals surface area (Å²) in [5, 5.41) is 3.58. The predicted molar refractivity (Wildman–Crippen MR) is 75.7 cm³/mol. The van der Waals surface area contributed by atoms with Crippen molar-refractivity contribution in [2.45, 2.75) is 44.7 Å². The summed E-state index contributed by atoms with van der Waals surface area (Å²) in [5.74, 6) is 0. The van der Waals surface area contributed by atoms with Crippen LogP contribution in [-0.4, -0.2) is 41.6 Å². The van der Waals surface area contributed by atoms with Crippen LogP contribution in [0.2, 0.25) is 0 Å². The average molecular weight is 247 g/mol. The van der Waals surface area contributed by atoms with E-state index in [1.165, 1.54) is 18.5 Å². The number of likely N-dealkylation sites (N-methyl/N-ethyl adjacent to an activating group) is 1. The molecule has 1 aromatic rings. The Balaban J connectivity index is 1.83. The largest absolute Gasteiger partial charge is 0.312 e. The molecule has 1 unspecified atom stereocenters. The van der Waals surface area contributed by atoms with Crippen LogP contribution in [0.25, 0.3) is 0 Å². The Morgan fingerprint density at radius 3 is 2.94 bits per heavy atom. The second kappa shape index (κ2) is 5.81. The maximum atomic E-state index is 4.39. The van der Waals surface area contributed by atoms with Crippen LogP contribution in [0, 0.1) is 0 Å². The lowest BCUT2D eigenvalue weighted by atomic mass is 9.88. The van der Waals surface area contributed by atoms with E-state index in [0.717, 1.165) is 19.5 Å². The molecule has 0 radical (unpaired) electrons. The summed E-state index contributed by atoms with van der Waals surface area (Å²) in [7, 11) is 2.25. The second-order valence-electron chi connectivity index (χ2n) is 6.01. The van der Waals surface area contributed by atoms with Crippen molar-refractivity contribution in [1.29, 1.82) is 0 Å². The van der Waals surface area contributed by atoms with Crippen molar-refractivity contribution < 1.29 is 0 Å². The van der Waals surface area contributed by atoms with Crippen LogP contribution >= 0.6 is 0 Å². The Labute approximate surface area is 111 Å². The number of pyridine rings is 1. The minimum absolute atomic E-state index is 0.280. The summed E-state index contributed by atoms with van der Waals surface area (Å²) in [6.07, 6.45) is 5.40. The molecule has 0 aliphatic carbocycles. The number of nitrogens with one attached hydrogen (secondary N) is 1. The topological polar surface area (TPSA) is 28.2 Å². The number of nitrogens with zero attached hydrogens (tertiary/aromatic N) is 2. The maximum Gasteiger partial charge on any atom is 0.0416 e. The van der Waals surface area contributed by atoms with E-state index in [-0.39, 0.29) is 5.54 Å². The molecule has 1 aliphatic heterocycles. The lowest BCUT2D eigenvalue weighted by molar-refractivity contribution is 0.145. The molecule has 18 heavy (non-hydrogen) atoms. The highest BCUT2D eigenvalue weighted by Gasteiger charge is 2.29. The van der Waals surface area contributed by atoms with E-state index in [0.29, 0.717) is 6.04 Å². The Morgan fingerprint density at radius 2 is 2.28 bits per heavy atom. The first kappa shape index (κ1) is 13.5. The third-order valence-electron chi connectivity index (χ3n) is 3.90. The number of rotatable bonds is 4. The smallest absolute Gasteiger partial charge is 0.0416 e. The average Bonchev–Trinajstić information content (AvgIpc) is 2.36. The zero-order chi connectivity index (χ0) is 13.0. The quantitative estimate of drug-likeness (QED) is 0.883. The van der Waals surface area contributed by atoms with Crippen LogP contribution in [0.1, 0.15) is 32.4 Å². The van der Waals surface area contributed by atoms with Crippen LogP contribution in [0.15, 0.2) is 24.4 Å². The van der Waals surface area contributed by atoms with Gasteiger partial charge in [-0.15, -0.1) is 0 Å². The van der Waals surface area contributed by atoms with E-state index < -0.39 is 0 Å². The van der Waals surface area contributed by atoms with Gasteiger partial charge in [0.25, 0.3) is 0 Å². The van der Waals surface area contributed by atoms with E-state index in [9.17, 15) is 0 Å². The fraction of sp³-hybridized carbons (Fsp3) is 0.667. The van der Waals surface area contributed by atoms with Gasteiger partial charge in [0, 0.05) is 36.4 Å². The SMILES string of the molecule is CN(CCc1ccccn1)C1CCNC(C)(C)C1. The van der Waals surface area contributed by atoms with E-state index in [1.54, 1.807) is 0 Å². The van der Waals surface area contributed by atoms with Crippen molar-refractivity contribution in [3.63, 3.8) is 0 Å². The second-order valence-corrected chi connectivity index (χ2v) is 6.01. The monoisotopic (exact) mass is 247 g/mol. The molecule has 3 nitrogen and oxygen atoms in total. The minimum atomic E-state index is 0.280. The lowest BCUT2D eigenvalue weighted by Crippen LogP contribution is -2.52. The van der Waals surface area contributed by atoms with Crippen molar-refractivity contribution in [2.75, 3.05) is 20.1 Å². The standard InChI is InChI=1S/C15H25N3/c1-15(2)12-14(7-10-17-15)18(3)11-8-13-6-4-5-9-16-13/h4-6,9,14,17H,7-8,10-12H2,1-3H3. The van der Waals surface area contributed by atoms with Gasteiger partial charge >= 0.3 is 0 Å². The third kappa shape index (κ3) is 3.79. The van der Waals surface area contributed by atoms with Crippen molar-refractivity contribution in [3.05, 3.63) is 30.1 Å². The van der Waals surface area contributed by atoms with Gasteiger partial charge in [0.15, 0.2) is 0 Å². The normalized spacial score (nSPS) is 23.2. The summed E-state index contributed by atoms with van der Waals surface area (Å²) in [5.41, 5.74) is 1.47. The molecule has 0 aromatic carbocycles. The summed E-state index contributed by atoms with van der Waals surface area (Å²) in [6, 6.07) is 6.85. The fourth-order valence-electron chi connectivity index (χ4n) is 2.74. The summed E-state index contributed by atoms with van der Waals surface area (Å²) in [4.78, 5) is 6.88. The van der Waals surface area contributed by atoms with Crippen molar-refractivity contribution in [3.8, 4) is 0 Å². The molecule has 1 N–H and O–H groups in total. The molecule has 1 aliphatic rings. The molecule has 0 saturated carbocycles. The van der Waals surface area contributed by atoms with Crippen molar-refractivity contribution in [1.82, 2.24) is 15.2 Å². The molecule has 1 atom stereocenters. The van der Waals surface area contributed by atoms with Gasteiger partial charge in [-0.25, -0.2) is 0 Å². The van der Waals surface area contributed by atoms with E-state index >= 15 is 0 Å². The highest BCUT2D eigenvalue weighted by molar-refractivity contribution is 5.04. The Morgan fingerprint density at radius 1 is 1.44 bits per heavy atom. The Kier molecular flexibility index (Phi) is 4.36. The van der Waals surface area contributed by atoms with Gasteiger partial charge < -0.3 is 10.2 Å². The van der Waals surface area contributed by atoms with Crippen LogP contribution < -0.4 is 5.32 Å². The number of hydrogen-bond acceptors (Lipinski definition) is 3. The van der Waals surface area contributed by atoms with Crippen molar-refractivity contribution in [2.24, 2.45) is 0 Å². The first-order valence-corrected chi connectivity index (χ1v) is 6.92. The molecule has 1 saturated heterocycles. The van der Waals surface area contributed by atoms with Crippen LogP contribution in [0.5, 0.6) is 0 Å². The molecule has 2 rings (SSSR count). The fourth-order valence-corrected chi connectivity index (χ4v) is 2.74. The molecule has 0 spiro atoms. The summed E-state index contributed by atoms with van der Waals surface area (Å²) >= 11 is 0. The zero-order valence-corrected chi connectivity index (χ0v) is 11.8. The molecular weight excluding hydrogens is 222 g/mol. The Hall–Kier alpha value is -0.930. The van der Waals surface area contributed by atoms with E-state index in [2.05, 4.69) is 48.2 Å². The van der Waals surface area contributed by atoms with E-state index in [1.807, 2.05) is 12.3 Å². The van der Waals surface area contributed by atoms with Gasteiger partial charge in [0.1, 0.15) is 0 Å². The number of aromatic nitrogens is 1. The molecule has 0 bridgehead atoms. The van der Waals surface area contributed by atoms with Gasteiger partial charge in [0.05, 0.1) is 0 Å². The molecule has 1 fully saturated rings. The minimum Gasteiger partial charge on any atom is -0.312 e. The molecule has 100 valence electrons. The van der Waals surface area contributed by atoms with Crippen molar-refractivity contribution >= 4 is 0 Å². The first-order valence-electron chi connectivity index (χ1n) is 6.92. The molecular formula is C15H25N3. The maximum absolute atomic E-state index is 4.39. The predicted octanol–water partition coefficient (Wildman–Crippen LogP) is 2.09. The van der Waals surface area contributed by atoms with Gasteiger partial charge in [-0.2, -0.15) is 0 Å². The third-order valence-corrected chi connectivity index (χ3v) is 3.90. The van der Waals surface area contributed by atoms with Crippen LogP contribution in [0.3, 0.4) is 0 Å². The van der Waals surface area contributed by atoms with Crippen LogP contribution in [-0.2, 0) is 6.42 Å². The molecule has 2 heterocycles. The Bertz CT molecular complexity index is 361.